The highest BCUT2D eigenvalue weighted by Crippen LogP contribution is 2.34. The van der Waals surface area contributed by atoms with Crippen molar-refractivity contribution in [3.8, 4) is 17.1 Å². The van der Waals surface area contributed by atoms with Gasteiger partial charge in [-0.1, -0.05) is 51.1 Å². The Morgan fingerprint density at radius 1 is 1.02 bits per heavy atom. The number of nitrogens with one attached hydrogen (secondary N) is 1. The molecule has 1 fully saturated rings. The monoisotopic (exact) mass is 671 g/mol. The minimum atomic E-state index is -4.13. The van der Waals surface area contributed by atoms with Crippen molar-refractivity contribution in [2.45, 2.75) is 90.1 Å². The molecule has 2 aliphatic rings. The van der Waals surface area contributed by atoms with Gasteiger partial charge >= 0.3 is 0 Å². The van der Waals surface area contributed by atoms with Crippen LogP contribution in [0, 0.1) is 19.3 Å². The van der Waals surface area contributed by atoms with Crippen LogP contribution >= 0.6 is 0 Å². The third kappa shape index (κ3) is 7.45. The molecule has 4 aromatic rings. The van der Waals surface area contributed by atoms with Crippen LogP contribution in [0.2, 0.25) is 0 Å². The predicted molar refractivity (Wildman–Crippen MR) is 186 cm³/mol. The first-order valence-corrected chi connectivity index (χ1v) is 17.9. The normalized spacial score (nSPS) is 19.9. The lowest BCUT2D eigenvalue weighted by Gasteiger charge is -2.38. The number of aliphatic hydroxyl groups excluding tert-OH is 1. The molecule has 0 saturated heterocycles. The molecular weight excluding hydrogens is 627 g/mol. The summed E-state index contributed by atoms with van der Waals surface area (Å²) >= 11 is 0. The molecule has 4 bridgehead atoms. The van der Waals surface area contributed by atoms with Crippen LogP contribution in [0.4, 0.5) is 11.8 Å². The first-order chi connectivity index (χ1) is 22.8. The number of hydrogen-bond donors (Lipinski definition) is 2. The Labute approximate surface area is 283 Å². The number of sulfonamides is 1. The van der Waals surface area contributed by atoms with E-state index in [1.54, 1.807) is 30.6 Å². The molecule has 11 nitrogen and oxygen atoms in total. The first-order valence-electron chi connectivity index (χ1n) is 16.5. The van der Waals surface area contributed by atoms with Crippen molar-refractivity contribution in [3.63, 3.8) is 0 Å². The Morgan fingerprint density at radius 2 is 1.75 bits per heavy atom. The van der Waals surface area contributed by atoms with Crippen LogP contribution in [-0.2, 0) is 16.6 Å². The molecule has 254 valence electrons. The Hall–Kier alpha value is -4.13. The molecule has 0 amide bonds. The number of aliphatic hydroxyl groups is 1. The van der Waals surface area contributed by atoms with Crippen molar-refractivity contribution in [1.29, 1.82) is 0 Å². The van der Waals surface area contributed by atoms with E-state index in [1.807, 2.05) is 44.0 Å². The lowest BCUT2D eigenvalue weighted by Crippen LogP contribution is -2.44. The zero-order valence-electron chi connectivity index (χ0n) is 28.5. The van der Waals surface area contributed by atoms with Gasteiger partial charge in [-0.25, -0.2) is 23.1 Å². The zero-order chi connectivity index (χ0) is 34.2. The second-order valence-electron chi connectivity index (χ2n) is 14.2. The minimum absolute atomic E-state index is 0.0157. The summed E-state index contributed by atoms with van der Waals surface area (Å²) in [6.45, 7) is 10.8. The van der Waals surface area contributed by atoms with Crippen molar-refractivity contribution in [3.05, 3.63) is 83.3 Å². The molecule has 2 atom stereocenters. The SMILES string of the molecule is Cc1cccc(C)c1-c1cc2nc(n1)NS(=O)(=O)c1cccc(c1)C(O)N(Cc1cncc(N(C)C3CCC3)n1)[C@H](CC(C)(C)C)CO2. The standard InChI is InChI=1S/C36H45N7O4S/c1-23-10-7-11-24(2)33(23)30-17-32-40-35(39-30)41-48(45,46)29-15-8-12-25(16-29)34(44)43(28(22-47-32)18-36(3,4)5)21-26-19-37-20-31(38-26)42(6)27-13-9-14-27/h7-8,10-12,15-17,19-20,27-28,34,44H,9,13-14,18,21-22H2,1-6H3,(H,39,40,41)/t28-,34?/m1/s1. The van der Waals surface area contributed by atoms with E-state index in [9.17, 15) is 13.5 Å². The molecule has 1 unspecified atom stereocenters. The molecular formula is C36H45N7O4S. The number of nitrogens with zero attached hydrogens (tertiary/aromatic N) is 6. The molecule has 6 rings (SSSR count). The first kappa shape index (κ1) is 33.8. The molecule has 2 N–H and O–H groups in total. The van der Waals surface area contributed by atoms with Gasteiger partial charge in [0.15, 0.2) is 0 Å². The van der Waals surface area contributed by atoms with Crippen LogP contribution in [0.1, 0.15) is 75.1 Å². The van der Waals surface area contributed by atoms with Gasteiger partial charge in [-0.15, -0.1) is 0 Å². The second kappa shape index (κ2) is 13.4. The van der Waals surface area contributed by atoms with Crippen LogP contribution in [0.25, 0.3) is 11.3 Å². The molecule has 1 saturated carbocycles. The number of hydrogen-bond acceptors (Lipinski definition) is 10. The Morgan fingerprint density at radius 3 is 2.44 bits per heavy atom. The largest absolute Gasteiger partial charge is 0.476 e. The molecule has 48 heavy (non-hydrogen) atoms. The highest BCUT2D eigenvalue weighted by atomic mass is 32.2. The summed E-state index contributed by atoms with van der Waals surface area (Å²) in [5.41, 5.74) is 4.37. The second-order valence-corrected chi connectivity index (χ2v) is 15.9. The van der Waals surface area contributed by atoms with Gasteiger partial charge in [-0.05, 0) is 73.8 Å². The summed E-state index contributed by atoms with van der Waals surface area (Å²) in [5.74, 6) is 0.915. The lowest BCUT2D eigenvalue weighted by molar-refractivity contribution is -0.0562. The van der Waals surface area contributed by atoms with E-state index in [0.29, 0.717) is 29.4 Å². The number of fused-ring (bicyclic) bond motifs is 4. The smallest absolute Gasteiger partial charge is 0.264 e. The number of ether oxygens (including phenoxy) is 1. The maximum absolute atomic E-state index is 13.7. The maximum Gasteiger partial charge on any atom is 0.264 e. The molecule has 2 aromatic carbocycles. The van der Waals surface area contributed by atoms with E-state index in [2.05, 4.69) is 45.3 Å². The molecule has 12 heteroatoms. The van der Waals surface area contributed by atoms with Crippen LogP contribution in [-0.4, -0.2) is 64.1 Å². The number of aromatic nitrogens is 4. The molecule has 3 heterocycles. The fraction of sp³-hybridized carbons (Fsp3) is 0.444. The summed E-state index contributed by atoms with van der Waals surface area (Å²) in [6, 6.07) is 14.2. The third-order valence-corrected chi connectivity index (χ3v) is 10.5. The van der Waals surface area contributed by atoms with Crippen molar-refractivity contribution in [2.24, 2.45) is 5.41 Å². The van der Waals surface area contributed by atoms with Crippen molar-refractivity contribution < 1.29 is 18.3 Å². The topological polar surface area (TPSA) is 134 Å². The summed E-state index contributed by atoms with van der Waals surface area (Å²) in [5, 5.41) is 12.1. The summed E-state index contributed by atoms with van der Waals surface area (Å²) in [6.07, 6.45) is 6.43. The minimum Gasteiger partial charge on any atom is -0.476 e. The van der Waals surface area contributed by atoms with Gasteiger partial charge in [0.1, 0.15) is 18.7 Å². The van der Waals surface area contributed by atoms with E-state index in [-0.39, 0.29) is 41.3 Å². The highest BCUT2D eigenvalue weighted by Gasteiger charge is 2.33. The number of rotatable bonds is 6. The van der Waals surface area contributed by atoms with Crippen molar-refractivity contribution >= 4 is 21.8 Å². The van der Waals surface area contributed by atoms with Crippen LogP contribution < -0.4 is 14.4 Å². The molecule has 2 aromatic heterocycles. The number of benzene rings is 2. The van der Waals surface area contributed by atoms with E-state index in [0.717, 1.165) is 35.3 Å². The maximum atomic E-state index is 13.7. The average molecular weight is 672 g/mol. The van der Waals surface area contributed by atoms with E-state index >= 15 is 0 Å². The van der Waals surface area contributed by atoms with Crippen molar-refractivity contribution in [2.75, 3.05) is 23.3 Å². The summed E-state index contributed by atoms with van der Waals surface area (Å²) < 4.78 is 36.4. The Bertz CT molecular complexity index is 1870. The molecule has 1 aliphatic carbocycles. The third-order valence-electron chi connectivity index (χ3n) is 9.19. The Balaban J connectivity index is 1.46. The van der Waals surface area contributed by atoms with Gasteiger partial charge < -0.3 is 14.7 Å². The van der Waals surface area contributed by atoms with Crippen LogP contribution in [0.5, 0.6) is 5.88 Å². The fourth-order valence-electron chi connectivity index (χ4n) is 6.47. The van der Waals surface area contributed by atoms with Gasteiger partial charge in [0.05, 0.1) is 22.5 Å². The molecule has 0 spiro atoms. The number of aryl methyl sites for hydroxylation is 2. The summed E-state index contributed by atoms with van der Waals surface area (Å²) in [7, 11) is -2.08. The van der Waals surface area contributed by atoms with Gasteiger partial charge in [0, 0.05) is 43.5 Å². The molecule has 0 radical (unpaired) electrons. The van der Waals surface area contributed by atoms with Gasteiger partial charge in [0.2, 0.25) is 11.8 Å². The van der Waals surface area contributed by atoms with Crippen molar-refractivity contribution in [1.82, 2.24) is 24.8 Å². The molecule has 1 aliphatic heterocycles. The quantitative estimate of drug-likeness (QED) is 0.250. The van der Waals surface area contributed by atoms with E-state index in [4.69, 9.17) is 9.72 Å². The van der Waals surface area contributed by atoms with Crippen LogP contribution in [0.15, 0.2) is 65.8 Å². The average Bonchev–Trinajstić information content (AvgIpc) is 3.00. The van der Waals surface area contributed by atoms with Gasteiger partial charge in [0.25, 0.3) is 10.0 Å². The van der Waals surface area contributed by atoms with E-state index in [1.165, 1.54) is 18.6 Å². The fourth-order valence-corrected chi connectivity index (χ4v) is 7.47. The number of anilines is 2. The lowest BCUT2D eigenvalue weighted by atomic mass is 9.87. The van der Waals surface area contributed by atoms with Gasteiger partial charge in [-0.3, -0.25) is 9.88 Å². The zero-order valence-corrected chi connectivity index (χ0v) is 29.3. The Kier molecular flexibility index (Phi) is 9.43. The van der Waals surface area contributed by atoms with E-state index < -0.39 is 16.3 Å². The van der Waals surface area contributed by atoms with Gasteiger partial charge in [-0.2, -0.15) is 4.98 Å². The highest BCUT2D eigenvalue weighted by molar-refractivity contribution is 7.92. The summed E-state index contributed by atoms with van der Waals surface area (Å²) in [4.78, 5) is 22.7. The van der Waals surface area contributed by atoms with Crippen LogP contribution in [0.3, 0.4) is 0 Å². The predicted octanol–water partition coefficient (Wildman–Crippen LogP) is 6.03.